The Balaban J connectivity index is 1.48. The zero-order valence-electron chi connectivity index (χ0n) is 18.3. The standard InChI is InChI=1S/C24H18N4O6S/c1-2-15-3-7-17(8-4-15)25-24-26-23(29)22(35-24)13-16-5-10-19(11-6-16)34-21-12-9-18(27(30)31)14-20(21)28(32)33/h3-14H,2H2,1H3,(H,25,26,29)/b22-13-. The molecule has 3 aromatic rings. The maximum atomic E-state index is 12.3. The first-order valence-corrected chi connectivity index (χ1v) is 11.2. The molecule has 3 aromatic carbocycles. The SMILES string of the molecule is CCc1ccc(N=C2NC(=O)/C(=C/c3ccc(Oc4ccc([N+](=O)[O-])cc4[N+](=O)[O-])cc3)S2)cc1. The van der Waals surface area contributed by atoms with Crippen molar-refractivity contribution in [1.29, 1.82) is 0 Å². The van der Waals surface area contributed by atoms with Gasteiger partial charge in [-0.1, -0.05) is 31.2 Å². The van der Waals surface area contributed by atoms with Gasteiger partial charge in [0.2, 0.25) is 5.75 Å². The summed E-state index contributed by atoms with van der Waals surface area (Å²) in [5.74, 6) is -0.0866. The number of nitrogens with zero attached hydrogens (tertiary/aromatic N) is 3. The highest BCUT2D eigenvalue weighted by atomic mass is 32.2. The summed E-state index contributed by atoms with van der Waals surface area (Å²) in [6, 6.07) is 17.5. The highest BCUT2D eigenvalue weighted by Crippen LogP contribution is 2.35. The number of hydrogen-bond donors (Lipinski definition) is 1. The van der Waals surface area contributed by atoms with Crippen LogP contribution in [0.4, 0.5) is 17.1 Å². The van der Waals surface area contributed by atoms with E-state index in [1.54, 1.807) is 30.3 Å². The Bertz CT molecular complexity index is 1370. The van der Waals surface area contributed by atoms with Crippen molar-refractivity contribution in [3.05, 3.63) is 103 Å². The van der Waals surface area contributed by atoms with Crippen LogP contribution in [0.2, 0.25) is 0 Å². The van der Waals surface area contributed by atoms with Crippen LogP contribution in [0.3, 0.4) is 0 Å². The van der Waals surface area contributed by atoms with Crippen molar-refractivity contribution in [2.24, 2.45) is 4.99 Å². The van der Waals surface area contributed by atoms with E-state index in [4.69, 9.17) is 4.74 Å². The number of nitro benzene ring substituents is 2. The lowest BCUT2D eigenvalue weighted by molar-refractivity contribution is -0.394. The molecule has 35 heavy (non-hydrogen) atoms. The van der Waals surface area contributed by atoms with Gasteiger partial charge in [0.25, 0.3) is 11.6 Å². The third kappa shape index (κ3) is 5.71. The molecule has 0 aliphatic carbocycles. The van der Waals surface area contributed by atoms with Gasteiger partial charge in [0.1, 0.15) is 5.75 Å². The second kappa shape index (κ2) is 10.2. The molecular formula is C24H18N4O6S. The van der Waals surface area contributed by atoms with Crippen LogP contribution in [0.5, 0.6) is 11.5 Å². The average Bonchev–Trinajstić information content (AvgIpc) is 3.19. The fraction of sp³-hybridized carbons (Fsp3) is 0.0833. The smallest absolute Gasteiger partial charge is 0.318 e. The largest absolute Gasteiger partial charge is 0.450 e. The van der Waals surface area contributed by atoms with Crippen LogP contribution in [0.1, 0.15) is 18.1 Å². The van der Waals surface area contributed by atoms with Crippen molar-refractivity contribution in [3.63, 3.8) is 0 Å². The van der Waals surface area contributed by atoms with E-state index in [2.05, 4.69) is 17.2 Å². The summed E-state index contributed by atoms with van der Waals surface area (Å²) in [6.07, 6.45) is 2.63. The van der Waals surface area contributed by atoms with Crippen molar-refractivity contribution in [3.8, 4) is 11.5 Å². The van der Waals surface area contributed by atoms with Gasteiger partial charge in [0.15, 0.2) is 5.17 Å². The summed E-state index contributed by atoms with van der Waals surface area (Å²) >= 11 is 1.22. The number of aryl methyl sites for hydroxylation is 1. The van der Waals surface area contributed by atoms with Gasteiger partial charge in [-0.25, -0.2) is 4.99 Å². The monoisotopic (exact) mass is 490 g/mol. The lowest BCUT2D eigenvalue weighted by Gasteiger charge is -2.06. The van der Waals surface area contributed by atoms with Crippen molar-refractivity contribution in [2.45, 2.75) is 13.3 Å². The van der Waals surface area contributed by atoms with Crippen LogP contribution >= 0.6 is 11.8 Å². The van der Waals surface area contributed by atoms with Crippen molar-refractivity contribution in [1.82, 2.24) is 5.32 Å². The number of benzene rings is 3. The molecule has 1 amide bonds. The number of aliphatic imine (C=N–C) groups is 1. The molecule has 1 heterocycles. The first kappa shape index (κ1) is 23.6. The molecule has 0 atom stereocenters. The number of amidine groups is 1. The highest BCUT2D eigenvalue weighted by molar-refractivity contribution is 8.18. The van der Waals surface area contributed by atoms with Crippen LogP contribution in [0, 0.1) is 20.2 Å². The van der Waals surface area contributed by atoms with Gasteiger partial charge in [0, 0.05) is 6.07 Å². The predicted octanol–water partition coefficient (Wildman–Crippen LogP) is 5.75. The fourth-order valence-electron chi connectivity index (χ4n) is 3.16. The Labute approximate surface area is 203 Å². The summed E-state index contributed by atoms with van der Waals surface area (Å²) in [5.41, 5.74) is 1.74. The van der Waals surface area contributed by atoms with Gasteiger partial charge in [-0.05, 0) is 65.7 Å². The number of rotatable bonds is 7. The van der Waals surface area contributed by atoms with Gasteiger partial charge in [-0.15, -0.1) is 0 Å². The number of nitro groups is 2. The number of carbonyl (C=O) groups is 1. The first-order chi connectivity index (χ1) is 16.8. The number of hydrogen-bond acceptors (Lipinski definition) is 8. The number of thioether (sulfide) groups is 1. The van der Waals surface area contributed by atoms with Gasteiger partial charge in [0.05, 0.1) is 26.5 Å². The molecular weight excluding hydrogens is 472 g/mol. The third-order valence-electron chi connectivity index (χ3n) is 4.98. The predicted molar refractivity (Wildman–Crippen MR) is 133 cm³/mol. The zero-order valence-corrected chi connectivity index (χ0v) is 19.2. The second-order valence-electron chi connectivity index (χ2n) is 7.34. The molecule has 0 saturated carbocycles. The minimum atomic E-state index is -0.742. The normalized spacial score (nSPS) is 15.3. The van der Waals surface area contributed by atoms with E-state index in [0.29, 0.717) is 21.4 Å². The molecule has 0 bridgehead atoms. The van der Waals surface area contributed by atoms with E-state index in [1.807, 2.05) is 24.3 Å². The third-order valence-corrected chi connectivity index (χ3v) is 5.89. The Morgan fingerprint density at radius 3 is 2.34 bits per heavy atom. The quantitative estimate of drug-likeness (QED) is 0.253. The van der Waals surface area contributed by atoms with E-state index < -0.39 is 21.2 Å². The number of amides is 1. The van der Waals surface area contributed by atoms with Crippen LogP contribution in [0.15, 0.2) is 76.6 Å². The topological polar surface area (TPSA) is 137 Å². The van der Waals surface area contributed by atoms with Crippen molar-refractivity contribution < 1.29 is 19.4 Å². The Morgan fingerprint density at radius 1 is 1.00 bits per heavy atom. The van der Waals surface area contributed by atoms with Crippen LogP contribution in [0.25, 0.3) is 6.08 Å². The van der Waals surface area contributed by atoms with E-state index in [0.717, 1.165) is 24.2 Å². The van der Waals surface area contributed by atoms with Gasteiger partial charge >= 0.3 is 5.69 Å². The first-order valence-electron chi connectivity index (χ1n) is 10.4. The number of nitrogens with one attached hydrogen (secondary N) is 1. The molecule has 11 heteroatoms. The number of carbonyl (C=O) groups excluding carboxylic acids is 1. The van der Waals surface area contributed by atoms with Crippen LogP contribution < -0.4 is 10.1 Å². The molecule has 176 valence electrons. The Hall–Kier alpha value is -4.51. The summed E-state index contributed by atoms with van der Waals surface area (Å²) in [5, 5.41) is 25.4. The van der Waals surface area contributed by atoms with E-state index >= 15 is 0 Å². The molecule has 0 aromatic heterocycles. The van der Waals surface area contributed by atoms with Crippen molar-refractivity contribution in [2.75, 3.05) is 0 Å². The molecule has 4 rings (SSSR count). The van der Waals surface area contributed by atoms with Crippen LogP contribution in [-0.2, 0) is 11.2 Å². The summed E-state index contributed by atoms with van der Waals surface area (Å²) in [4.78, 5) is 38.0. The molecule has 1 fully saturated rings. The summed E-state index contributed by atoms with van der Waals surface area (Å²) in [7, 11) is 0. The van der Waals surface area contributed by atoms with Gasteiger partial charge < -0.3 is 10.1 Å². The van der Waals surface area contributed by atoms with Crippen LogP contribution in [-0.4, -0.2) is 20.9 Å². The molecule has 0 unspecified atom stereocenters. The zero-order chi connectivity index (χ0) is 24.9. The molecule has 0 radical (unpaired) electrons. The molecule has 1 N–H and O–H groups in total. The Kier molecular flexibility index (Phi) is 6.88. The minimum absolute atomic E-state index is 0.120. The van der Waals surface area contributed by atoms with E-state index in [9.17, 15) is 25.0 Å². The van der Waals surface area contributed by atoms with Gasteiger partial charge in [-0.3, -0.25) is 25.0 Å². The molecule has 10 nitrogen and oxygen atoms in total. The fourth-order valence-corrected chi connectivity index (χ4v) is 4.00. The summed E-state index contributed by atoms with van der Waals surface area (Å²) in [6.45, 7) is 2.07. The number of ether oxygens (including phenoxy) is 1. The van der Waals surface area contributed by atoms with E-state index in [-0.39, 0.29) is 11.7 Å². The maximum Gasteiger partial charge on any atom is 0.318 e. The highest BCUT2D eigenvalue weighted by Gasteiger charge is 2.24. The Morgan fingerprint density at radius 2 is 1.71 bits per heavy atom. The minimum Gasteiger partial charge on any atom is -0.450 e. The summed E-state index contributed by atoms with van der Waals surface area (Å²) < 4.78 is 5.56. The van der Waals surface area contributed by atoms with Gasteiger partial charge in [-0.2, -0.15) is 0 Å². The molecule has 1 saturated heterocycles. The van der Waals surface area contributed by atoms with E-state index in [1.165, 1.54) is 23.4 Å². The second-order valence-corrected chi connectivity index (χ2v) is 8.37. The van der Waals surface area contributed by atoms with Crippen molar-refractivity contribution >= 4 is 46.0 Å². The lowest BCUT2D eigenvalue weighted by atomic mass is 10.2. The molecule has 1 aliphatic heterocycles. The number of non-ortho nitro benzene ring substituents is 1. The maximum absolute atomic E-state index is 12.3. The molecule has 1 aliphatic rings. The molecule has 0 spiro atoms. The lowest BCUT2D eigenvalue weighted by Crippen LogP contribution is -2.19. The average molecular weight is 490 g/mol.